The molecule has 1 fully saturated rings. The highest BCUT2D eigenvalue weighted by molar-refractivity contribution is 5.65. The van der Waals surface area contributed by atoms with Gasteiger partial charge in [0.05, 0.1) is 18.3 Å². The number of hydrogen-bond acceptors (Lipinski definition) is 4. The van der Waals surface area contributed by atoms with Crippen molar-refractivity contribution in [2.45, 2.75) is 12.5 Å². The van der Waals surface area contributed by atoms with E-state index in [1.165, 1.54) is 17.3 Å². The fraction of sp³-hybridized carbons (Fsp3) is 0.364. The van der Waals surface area contributed by atoms with Gasteiger partial charge in [0, 0.05) is 19.2 Å². The molecule has 1 aromatic rings. The van der Waals surface area contributed by atoms with Gasteiger partial charge >= 0.3 is 6.09 Å². The number of carboxylic acid groups (broad SMARTS) is 1. The Labute approximate surface area is 98.1 Å². The van der Waals surface area contributed by atoms with Crippen molar-refractivity contribution >= 4 is 6.09 Å². The average Bonchev–Trinajstić information content (AvgIpc) is 2.78. The van der Waals surface area contributed by atoms with E-state index in [0.717, 1.165) is 0 Å². The van der Waals surface area contributed by atoms with Crippen LogP contribution in [0, 0.1) is 11.3 Å². The van der Waals surface area contributed by atoms with E-state index in [1.807, 2.05) is 6.07 Å². The van der Waals surface area contributed by atoms with Crippen LogP contribution in [0.3, 0.4) is 0 Å². The molecule has 1 aromatic heterocycles. The monoisotopic (exact) mass is 233 g/mol. The zero-order valence-corrected chi connectivity index (χ0v) is 9.04. The molecule has 88 valence electrons. The highest BCUT2D eigenvalue weighted by atomic mass is 16.5. The highest BCUT2D eigenvalue weighted by Crippen LogP contribution is 2.20. The third-order valence-electron chi connectivity index (χ3n) is 2.61. The second-order valence-electron chi connectivity index (χ2n) is 3.74. The van der Waals surface area contributed by atoms with Gasteiger partial charge in [-0.3, -0.25) is 4.98 Å². The Morgan fingerprint density at radius 3 is 3.18 bits per heavy atom. The van der Waals surface area contributed by atoms with E-state index in [0.29, 0.717) is 30.8 Å². The standard InChI is InChI=1S/C11H11N3O3/c12-5-8-1-3-13-6-10(8)17-9-2-4-14(7-9)11(15)16/h1,3,6,9H,2,4,7H2,(H,15,16). The first-order valence-electron chi connectivity index (χ1n) is 5.19. The first-order chi connectivity index (χ1) is 8.20. The molecular weight excluding hydrogens is 222 g/mol. The zero-order valence-electron chi connectivity index (χ0n) is 9.04. The van der Waals surface area contributed by atoms with E-state index in [2.05, 4.69) is 4.98 Å². The Morgan fingerprint density at radius 2 is 2.53 bits per heavy atom. The smallest absolute Gasteiger partial charge is 0.407 e. The van der Waals surface area contributed by atoms with Crippen LogP contribution in [0.15, 0.2) is 18.5 Å². The second kappa shape index (κ2) is 4.70. The predicted molar refractivity (Wildman–Crippen MR) is 57.6 cm³/mol. The van der Waals surface area contributed by atoms with Crippen molar-refractivity contribution < 1.29 is 14.6 Å². The van der Waals surface area contributed by atoms with Crippen LogP contribution in [0.4, 0.5) is 4.79 Å². The fourth-order valence-electron chi connectivity index (χ4n) is 1.74. The Morgan fingerprint density at radius 1 is 1.71 bits per heavy atom. The molecule has 6 nitrogen and oxygen atoms in total. The van der Waals surface area contributed by atoms with Crippen molar-refractivity contribution in [3.8, 4) is 11.8 Å². The number of aromatic nitrogens is 1. The second-order valence-corrected chi connectivity index (χ2v) is 3.74. The lowest BCUT2D eigenvalue weighted by Gasteiger charge is -2.14. The Hall–Kier alpha value is -2.29. The molecule has 0 radical (unpaired) electrons. The van der Waals surface area contributed by atoms with Crippen LogP contribution >= 0.6 is 0 Å². The third-order valence-corrected chi connectivity index (χ3v) is 2.61. The topological polar surface area (TPSA) is 86.5 Å². The van der Waals surface area contributed by atoms with Crippen molar-refractivity contribution in [2.24, 2.45) is 0 Å². The number of hydrogen-bond donors (Lipinski definition) is 1. The normalized spacial score (nSPS) is 18.8. The Bertz CT molecular complexity index is 469. The molecule has 1 amide bonds. The zero-order chi connectivity index (χ0) is 12.3. The molecule has 0 spiro atoms. The summed E-state index contributed by atoms with van der Waals surface area (Å²) in [4.78, 5) is 15.9. The van der Waals surface area contributed by atoms with Crippen LogP contribution in [-0.2, 0) is 0 Å². The highest BCUT2D eigenvalue weighted by Gasteiger charge is 2.27. The van der Waals surface area contributed by atoms with Gasteiger partial charge in [0.1, 0.15) is 12.2 Å². The number of nitriles is 1. The summed E-state index contributed by atoms with van der Waals surface area (Å²) in [6.07, 6.45) is 2.47. The summed E-state index contributed by atoms with van der Waals surface area (Å²) in [5, 5.41) is 17.7. The van der Waals surface area contributed by atoms with E-state index in [1.54, 1.807) is 6.07 Å². The maximum atomic E-state index is 10.7. The summed E-state index contributed by atoms with van der Waals surface area (Å²) in [5.74, 6) is 0.409. The molecule has 2 heterocycles. The van der Waals surface area contributed by atoms with Crippen molar-refractivity contribution in [3.05, 3.63) is 24.0 Å². The minimum atomic E-state index is -0.942. The molecule has 17 heavy (non-hydrogen) atoms. The molecule has 1 saturated heterocycles. The number of amides is 1. The maximum Gasteiger partial charge on any atom is 0.407 e. The van der Waals surface area contributed by atoms with Gasteiger partial charge in [-0.05, 0) is 6.07 Å². The molecular formula is C11H11N3O3. The van der Waals surface area contributed by atoms with E-state index in [-0.39, 0.29) is 6.10 Å². The molecule has 0 bridgehead atoms. The van der Waals surface area contributed by atoms with Crippen molar-refractivity contribution in [2.75, 3.05) is 13.1 Å². The molecule has 2 rings (SSSR count). The summed E-state index contributed by atoms with van der Waals surface area (Å²) in [6, 6.07) is 3.58. The van der Waals surface area contributed by atoms with Gasteiger partial charge < -0.3 is 14.7 Å². The summed E-state index contributed by atoms with van der Waals surface area (Å²) >= 11 is 0. The van der Waals surface area contributed by atoms with E-state index < -0.39 is 6.09 Å². The van der Waals surface area contributed by atoms with Crippen LogP contribution in [-0.4, -0.2) is 40.3 Å². The molecule has 1 unspecified atom stereocenters. The maximum absolute atomic E-state index is 10.7. The van der Waals surface area contributed by atoms with Crippen LogP contribution in [0.1, 0.15) is 12.0 Å². The minimum absolute atomic E-state index is 0.206. The molecule has 0 aromatic carbocycles. The lowest BCUT2D eigenvalue weighted by molar-refractivity contribution is 0.145. The van der Waals surface area contributed by atoms with Gasteiger partial charge in [0.15, 0.2) is 5.75 Å². The number of rotatable bonds is 2. The molecule has 1 aliphatic heterocycles. The van der Waals surface area contributed by atoms with Crippen molar-refractivity contribution in [1.82, 2.24) is 9.88 Å². The predicted octanol–water partition coefficient (Wildman–Crippen LogP) is 1.08. The van der Waals surface area contributed by atoms with Crippen LogP contribution in [0.5, 0.6) is 5.75 Å². The minimum Gasteiger partial charge on any atom is -0.485 e. The van der Waals surface area contributed by atoms with Gasteiger partial charge in [-0.1, -0.05) is 0 Å². The van der Waals surface area contributed by atoms with Gasteiger partial charge in [-0.25, -0.2) is 4.79 Å². The Balaban J connectivity index is 2.03. The lowest BCUT2D eigenvalue weighted by Crippen LogP contribution is -2.29. The van der Waals surface area contributed by atoms with Crippen molar-refractivity contribution in [3.63, 3.8) is 0 Å². The number of likely N-dealkylation sites (tertiary alicyclic amines) is 1. The molecule has 1 N–H and O–H groups in total. The number of ether oxygens (including phenoxy) is 1. The summed E-state index contributed by atoms with van der Waals surface area (Å²) in [7, 11) is 0. The average molecular weight is 233 g/mol. The van der Waals surface area contributed by atoms with Gasteiger partial charge in [0.2, 0.25) is 0 Å². The van der Waals surface area contributed by atoms with E-state index in [9.17, 15) is 4.79 Å². The largest absolute Gasteiger partial charge is 0.485 e. The first-order valence-corrected chi connectivity index (χ1v) is 5.19. The molecule has 0 saturated carbocycles. The summed E-state index contributed by atoms with van der Waals surface area (Å²) < 4.78 is 5.59. The molecule has 1 atom stereocenters. The van der Waals surface area contributed by atoms with Gasteiger partial charge in [-0.2, -0.15) is 5.26 Å². The van der Waals surface area contributed by atoms with Crippen LogP contribution in [0.2, 0.25) is 0 Å². The van der Waals surface area contributed by atoms with Crippen LogP contribution < -0.4 is 4.74 Å². The van der Waals surface area contributed by atoms with Gasteiger partial charge in [-0.15, -0.1) is 0 Å². The van der Waals surface area contributed by atoms with Gasteiger partial charge in [0.25, 0.3) is 0 Å². The van der Waals surface area contributed by atoms with E-state index in [4.69, 9.17) is 15.1 Å². The number of nitrogens with zero attached hydrogens (tertiary/aromatic N) is 3. The lowest BCUT2D eigenvalue weighted by atomic mass is 10.2. The SMILES string of the molecule is N#Cc1ccncc1OC1CCN(C(=O)O)C1. The summed E-state index contributed by atoms with van der Waals surface area (Å²) in [5.41, 5.74) is 0.411. The van der Waals surface area contributed by atoms with Crippen LogP contribution in [0.25, 0.3) is 0 Å². The number of pyridine rings is 1. The van der Waals surface area contributed by atoms with E-state index >= 15 is 0 Å². The quantitative estimate of drug-likeness (QED) is 0.826. The summed E-state index contributed by atoms with van der Waals surface area (Å²) in [6.45, 7) is 0.789. The number of carbonyl (C=O) groups is 1. The molecule has 0 aliphatic carbocycles. The first kappa shape index (κ1) is 11.2. The Kier molecular flexibility index (Phi) is 3.10. The molecule has 6 heteroatoms. The third kappa shape index (κ3) is 2.45. The fourth-order valence-corrected chi connectivity index (χ4v) is 1.74. The molecule has 1 aliphatic rings. The van der Waals surface area contributed by atoms with Crippen molar-refractivity contribution in [1.29, 1.82) is 5.26 Å².